The second-order valence-electron chi connectivity index (χ2n) is 6.50. The van der Waals surface area contributed by atoms with Crippen molar-refractivity contribution >= 4 is 51.9 Å². The number of rotatable bonds is 9. The van der Waals surface area contributed by atoms with Crippen molar-refractivity contribution in [2.45, 2.75) is 6.42 Å². The first-order valence-corrected chi connectivity index (χ1v) is 11.0. The van der Waals surface area contributed by atoms with Gasteiger partial charge in [0.2, 0.25) is 0 Å². The number of thiocarbonyl (C=S) groups is 1. The Labute approximate surface area is 196 Å². The fourth-order valence-corrected chi connectivity index (χ4v) is 4.23. The van der Waals surface area contributed by atoms with Crippen LogP contribution in [0.5, 0.6) is 23.0 Å². The first kappa shape index (κ1) is 23.2. The number of ether oxygens (including phenoxy) is 4. The number of thioether (sulfide) groups is 1. The standard InChI is InChI=1S/C22H22ClNO5S2/c1-24-21(25)19(31-22(24)30)12-14-10-17(23)20(18(11-14)27-3)29-9-5-8-28-16-7-4-6-15(13-16)26-2/h4,6-7,10-13H,5,8-9H2,1-3H3/b19-12-. The van der Waals surface area contributed by atoms with Crippen molar-refractivity contribution in [3.05, 3.63) is 51.9 Å². The number of hydrogen-bond acceptors (Lipinski definition) is 7. The monoisotopic (exact) mass is 479 g/mol. The van der Waals surface area contributed by atoms with Crippen molar-refractivity contribution in [3.63, 3.8) is 0 Å². The first-order chi connectivity index (χ1) is 14.9. The van der Waals surface area contributed by atoms with Crippen LogP contribution in [-0.2, 0) is 4.79 Å². The molecule has 164 valence electrons. The van der Waals surface area contributed by atoms with E-state index in [1.54, 1.807) is 39.5 Å². The zero-order chi connectivity index (χ0) is 22.4. The molecule has 0 N–H and O–H groups in total. The maximum absolute atomic E-state index is 12.2. The van der Waals surface area contributed by atoms with Gasteiger partial charge in [0, 0.05) is 19.5 Å². The summed E-state index contributed by atoms with van der Waals surface area (Å²) in [5.41, 5.74) is 0.726. The van der Waals surface area contributed by atoms with Gasteiger partial charge in [-0.05, 0) is 35.9 Å². The minimum Gasteiger partial charge on any atom is -0.497 e. The highest BCUT2D eigenvalue weighted by Crippen LogP contribution is 2.38. The van der Waals surface area contributed by atoms with E-state index in [1.165, 1.54) is 16.7 Å². The summed E-state index contributed by atoms with van der Waals surface area (Å²) in [6, 6.07) is 10.9. The molecule has 0 unspecified atom stereocenters. The number of halogens is 1. The number of nitrogens with zero attached hydrogens (tertiary/aromatic N) is 1. The normalized spacial score (nSPS) is 14.8. The lowest BCUT2D eigenvalue weighted by Gasteiger charge is -2.14. The zero-order valence-corrected chi connectivity index (χ0v) is 19.7. The molecule has 2 aromatic carbocycles. The molecule has 1 amide bonds. The van der Waals surface area contributed by atoms with Gasteiger partial charge in [-0.3, -0.25) is 9.69 Å². The van der Waals surface area contributed by atoms with Crippen molar-refractivity contribution in [2.75, 3.05) is 34.5 Å². The third kappa shape index (κ3) is 5.84. The highest BCUT2D eigenvalue weighted by molar-refractivity contribution is 8.26. The molecule has 1 fully saturated rings. The Hall–Kier alpha value is -2.42. The number of benzene rings is 2. The maximum atomic E-state index is 12.2. The van der Waals surface area contributed by atoms with E-state index in [2.05, 4.69) is 0 Å². The zero-order valence-electron chi connectivity index (χ0n) is 17.3. The van der Waals surface area contributed by atoms with Gasteiger partial charge in [-0.15, -0.1) is 0 Å². The molecule has 9 heteroatoms. The fourth-order valence-electron chi connectivity index (χ4n) is 2.77. The topological polar surface area (TPSA) is 57.2 Å². The molecule has 6 nitrogen and oxygen atoms in total. The number of hydrogen-bond donors (Lipinski definition) is 0. The summed E-state index contributed by atoms with van der Waals surface area (Å²) in [4.78, 5) is 14.2. The molecule has 1 saturated heterocycles. The van der Waals surface area contributed by atoms with E-state index < -0.39 is 0 Å². The van der Waals surface area contributed by atoms with Crippen LogP contribution < -0.4 is 18.9 Å². The smallest absolute Gasteiger partial charge is 0.265 e. The largest absolute Gasteiger partial charge is 0.497 e. The SMILES string of the molecule is COc1cccc(OCCCOc2c(Cl)cc(/C=C3\SC(=S)N(C)C3=O)cc2OC)c1. The number of methoxy groups -OCH3 is 2. The molecule has 31 heavy (non-hydrogen) atoms. The first-order valence-electron chi connectivity index (χ1n) is 9.41. The maximum Gasteiger partial charge on any atom is 0.265 e. The van der Waals surface area contributed by atoms with Gasteiger partial charge in [-0.2, -0.15) is 0 Å². The third-order valence-electron chi connectivity index (χ3n) is 4.38. The van der Waals surface area contributed by atoms with Gasteiger partial charge >= 0.3 is 0 Å². The van der Waals surface area contributed by atoms with Crippen LogP contribution in [0.25, 0.3) is 6.08 Å². The van der Waals surface area contributed by atoms with Crippen LogP contribution in [0.4, 0.5) is 0 Å². The lowest BCUT2D eigenvalue weighted by molar-refractivity contribution is -0.121. The molecule has 0 bridgehead atoms. The fraction of sp³-hybridized carbons (Fsp3) is 0.273. The molecule has 1 aliphatic rings. The average Bonchev–Trinajstić information content (AvgIpc) is 3.01. The minimum absolute atomic E-state index is 0.138. The molecule has 1 heterocycles. The van der Waals surface area contributed by atoms with Gasteiger partial charge in [-0.1, -0.05) is 41.6 Å². The molecule has 0 spiro atoms. The van der Waals surface area contributed by atoms with Crippen LogP contribution in [0.3, 0.4) is 0 Å². The van der Waals surface area contributed by atoms with E-state index in [4.69, 9.17) is 42.8 Å². The molecule has 0 radical (unpaired) electrons. The van der Waals surface area contributed by atoms with E-state index >= 15 is 0 Å². The van der Waals surface area contributed by atoms with Crippen molar-refractivity contribution in [3.8, 4) is 23.0 Å². The molecule has 2 aromatic rings. The summed E-state index contributed by atoms with van der Waals surface area (Å²) in [5, 5.41) is 0.395. The van der Waals surface area contributed by atoms with Gasteiger partial charge in [0.1, 0.15) is 15.8 Å². The predicted octanol–water partition coefficient (Wildman–Crippen LogP) is 5.04. The highest BCUT2D eigenvalue weighted by atomic mass is 35.5. The predicted molar refractivity (Wildman–Crippen MR) is 128 cm³/mol. The summed E-state index contributed by atoms with van der Waals surface area (Å²) in [6.45, 7) is 0.873. The summed E-state index contributed by atoms with van der Waals surface area (Å²) in [7, 11) is 4.81. The summed E-state index contributed by atoms with van der Waals surface area (Å²) in [5.74, 6) is 2.27. The quantitative estimate of drug-likeness (QED) is 0.284. The Morgan fingerprint density at radius 3 is 2.52 bits per heavy atom. The van der Waals surface area contributed by atoms with Gasteiger partial charge in [0.25, 0.3) is 5.91 Å². The van der Waals surface area contributed by atoms with Crippen LogP contribution in [0.2, 0.25) is 5.02 Å². The van der Waals surface area contributed by atoms with E-state index in [-0.39, 0.29) is 5.91 Å². The number of likely N-dealkylation sites (N-methyl/N-ethyl adjacent to an activating group) is 1. The van der Waals surface area contributed by atoms with Crippen LogP contribution in [0.1, 0.15) is 12.0 Å². The number of amides is 1. The van der Waals surface area contributed by atoms with Crippen molar-refractivity contribution in [2.24, 2.45) is 0 Å². The third-order valence-corrected chi connectivity index (χ3v) is 6.15. The minimum atomic E-state index is -0.138. The Bertz CT molecular complexity index is 1010. The molecule has 0 atom stereocenters. The Morgan fingerprint density at radius 1 is 1.10 bits per heavy atom. The summed E-state index contributed by atoms with van der Waals surface area (Å²) in [6.07, 6.45) is 2.39. The molecule has 0 aliphatic carbocycles. The van der Waals surface area contributed by atoms with E-state index in [1.807, 2.05) is 24.3 Å². The van der Waals surface area contributed by atoms with Gasteiger partial charge in [-0.25, -0.2) is 0 Å². The molecule has 0 saturated carbocycles. The Morgan fingerprint density at radius 2 is 1.84 bits per heavy atom. The Kier molecular flexibility index (Phi) is 8.06. The average molecular weight is 480 g/mol. The van der Waals surface area contributed by atoms with Crippen LogP contribution in [-0.4, -0.2) is 49.6 Å². The van der Waals surface area contributed by atoms with Crippen molar-refractivity contribution in [1.82, 2.24) is 4.90 Å². The molecule has 0 aromatic heterocycles. The second-order valence-corrected chi connectivity index (χ2v) is 8.59. The Balaban J connectivity index is 1.60. The molecular formula is C22H22ClNO5S2. The highest BCUT2D eigenvalue weighted by Gasteiger charge is 2.28. The van der Waals surface area contributed by atoms with Gasteiger partial charge < -0.3 is 18.9 Å². The molecular weight excluding hydrogens is 458 g/mol. The number of carbonyl (C=O) groups is 1. The van der Waals surface area contributed by atoms with E-state index in [9.17, 15) is 4.79 Å². The molecule has 1 aliphatic heterocycles. The number of carbonyl (C=O) groups excluding carboxylic acids is 1. The second kappa shape index (κ2) is 10.7. The van der Waals surface area contributed by atoms with Gasteiger partial charge in [0.15, 0.2) is 11.5 Å². The van der Waals surface area contributed by atoms with Gasteiger partial charge in [0.05, 0.1) is 37.4 Å². The lowest BCUT2D eigenvalue weighted by atomic mass is 10.2. The summed E-state index contributed by atoms with van der Waals surface area (Å²) >= 11 is 12.8. The molecule has 3 rings (SSSR count). The van der Waals surface area contributed by atoms with Crippen LogP contribution in [0.15, 0.2) is 41.3 Å². The van der Waals surface area contributed by atoms with Crippen molar-refractivity contribution in [1.29, 1.82) is 0 Å². The van der Waals surface area contributed by atoms with Crippen LogP contribution >= 0.6 is 35.6 Å². The van der Waals surface area contributed by atoms with Crippen LogP contribution in [0, 0.1) is 0 Å². The lowest BCUT2D eigenvalue weighted by Crippen LogP contribution is -2.22. The van der Waals surface area contributed by atoms with Crippen molar-refractivity contribution < 1.29 is 23.7 Å². The summed E-state index contributed by atoms with van der Waals surface area (Å²) < 4.78 is 22.7. The van der Waals surface area contributed by atoms with E-state index in [0.717, 1.165) is 17.1 Å². The van der Waals surface area contributed by atoms with E-state index in [0.29, 0.717) is 45.4 Å².